The number of aromatic nitrogens is 1. The topological polar surface area (TPSA) is 79.7 Å². The summed E-state index contributed by atoms with van der Waals surface area (Å²) in [5, 5.41) is 13.2. The zero-order chi connectivity index (χ0) is 25.8. The second-order valence-corrected chi connectivity index (χ2v) is 9.03. The Morgan fingerprint density at radius 2 is 1.73 bits per heavy atom. The van der Waals surface area contributed by atoms with E-state index in [1.54, 1.807) is 42.7 Å². The summed E-state index contributed by atoms with van der Waals surface area (Å²) in [6.07, 6.45) is 6.44. The summed E-state index contributed by atoms with van der Waals surface area (Å²) in [4.78, 5) is 32.6. The van der Waals surface area contributed by atoms with Crippen molar-refractivity contribution in [1.29, 1.82) is 0 Å². The molecule has 0 bridgehead atoms. The van der Waals surface area contributed by atoms with Gasteiger partial charge in [-0.25, -0.2) is 0 Å². The van der Waals surface area contributed by atoms with E-state index < -0.39 is 17.7 Å². The summed E-state index contributed by atoms with van der Waals surface area (Å²) in [6, 6.07) is 23.0. The first kappa shape index (κ1) is 24.3. The Morgan fingerprint density at radius 3 is 2.49 bits per heavy atom. The number of carbonyl (C=O) groups excluding carboxylic acids is 2. The van der Waals surface area contributed by atoms with E-state index >= 15 is 0 Å². The molecule has 186 valence electrons. The van der Waals surface area contributed by atoms with Gasteiger partial charge in [0.25, 0.3) is 11.7 Å². The van der Waals surface area contributed by atoms with Crippen LogP contribution < -0.4 is 9.64 Å². The van der Waals surface area contributed by atoms with E-state index in [0.29, 0.717) is 29.2 Å². The van der Waals surface area contributed by atoms with Crippen molar-refractivity contribution in [3.05, 3.63) is 108 Å². The smallest absolute Gasteiger partial charge is 0.300 e. The summed E-state index contributed by atoms with van der Waals surface area (Å²) in [5.41, 5.74) is 1.70. The second kappa shape index (κ2) is 10.7. The lowest BCUT2D eigenvalue weighted by atomic mass is 9.96. The lowest BCUT2D eigenvalue weighted by Crippen LogP contribution is -2.29. The van der Waals surface area contributed by atoms with Gasteiger partial charge in [0.05, 0.1) is 23.9 Å². The minimum Gasteiger partial charge on any atom is -0.507 e. The molecule has 0 spiro atoms. The molecule has 1 aliphatic heterocycles. The molecular weight excluding hydrogens is 464 g/mol. The number of rotatable bonds is 8. The SMILES string of the molecule is CCCCCOc1ccc(/C(O)=C2\C(=O)C(=O)N(c3cccc4ccccc34)C2c2cccnc2)cc1. The van der Waals surface area contributed by atoms with Crippen molar-refractivity contribution in [2.75, 3.05) is 11.5 Å². The van der Waals surface area contributed by atoms with Crippen LogP contribution in [0.15, 0.2) is 96.8 Å². The molecular formula is C31H28N2O4. The number of ether oxygens (including phenoxy) is 1. The molecule has 6 nitrogen and oxygen atoms in total. The number of anilines is 1. The van der Waals surface area contributed by atoms with E-state index in [-0.39, 0.29) is 11.3 Å². The highest BCUT2D eigenvalue weighted by molar-refractivity contribution is 6.52. The van der Waals surface area contributed by atoms with Crippen LogP contribution in [0.3, 0.4) is 0 Å². The van der Waals surface area contributed by atoms with Gasteiger partial charge in [-0.2, -0.15) is 0 Å². The van der Waals surface area contributed by atoms with E-state index in [2.05, 4.69) is 11.9 Å². The maximum Gasteiger partial charge on any atom is 0.300 e. The van der Waals surface area contributed by atoms with Gasteiger partial charge in [0.1, 0.15) is 11.5 Å². The minimum absolute atomic E-state index is 0.0301. The molecule has 4 aromatic rings. The Labute approximate surface area is 215 Å². The number of fused-ring (bicyclic) bond motifs is 1. The first-order valence-corrected chi connectivity index (χ1v) is 12.5. The summed E-state index contributed by atoms with van der Waals surface area (Å²) in [5.74, 6) is -0.970. The molecule has 0 radical (unpaired) electrons. The van der Waals surface area contributed by atoms with E-state index in [9.17, 15) is 14.7 Å². The standard InChI is InChI=1S/C31H28N2O4/c1-2-3-6-19-37-24-16-14-22(15-17-24)29(34)27-28(23-11-8-18-32-20-23)33(31(36)30(27)35)26-13-7-10-21-9-4-5-12-25(21)26/h4-5,7-18,20,28,34H,2-3,6,19H2,1H3/b29-27+. The predicted octanol–water partition coefficient (Wildman–Crippen LogP) is 6.43. The maximum absolute atomic E-state index is 13.5. The Balaban J connectivity index is 1.59. The third kappa shape index (κ3) is 4.70. The molecule has 1 unspecified atom stereocenters. The van der Waals surface area contributed by atoms with E-state index in [0.717, 1.165) is 30.0 Å². The number of amides is 1. The highest BCUT2D eigenvalue weighted by Crippen LogP contribution is 2.44. The monoisotopic (exact) mass is 492 g/mol. The fourth-order valence-electron chi connectivity index (χ4n) is 4.76. The highest BCUT2D eigenvalue weighted by Gasteiger charge is 2.47. The molecule has 3 aromatic carbocycles. The highest BCUT2D eigenvalue weighted by atomic mass is 16.5. The van der Waals surface area contributed by atoms with Gasteiger partial charge >= 0.3 is 0 Å². The predicted molar refractivity (Wildman–Crippen MR) is 144 cm³/mol. The van der Waals surface area contributed by atoms with Crippen molar-refractivity contribution in [3.63, 3.8) is 0 Å². The van der Waals surface area contributed by atoms with Crippen LogP contribution in [-0.2, 0) is 9.59 Å². The van der Waals surface area contributed by atoms with E-state index in [1.165, 1.54) is 4.90 Å². The van der Waals surface area contributed by atoms with Crippen molar-refractivity contribution in [2.24, 2.45) is 0 Å². The van der Waals surface area contributed by atoms with Crippen LogP contribution in [0, 0.1) is 0 Å². The number of aliphatic hydroxyl groups is 1. The van der Waals surface area contributed by atoms with Crippen LogP contribution in [0.25, 0.3) is 16.5 Å². The van der Waals surface area contributed by atoms with Gasteiger partial charge in [0.2, 0.25) is 0 Å². The van der Waals surface area contributed by atoms with Gasteiger partial charge in [0.15, 0.2) is 0 Å². The van der Waals surface area contributed by atoms with Gasteiger partial charge in [-0.15, -0.1) is 0 Å². The number of carbonyl (C=O) groups is 2. The molecule has 37 heavy (non-hydrogen) atoms. The number of Topliss-reactive ketones (excluding diaryl/α,β-unsaturated/α-hetero) is 1. The molecule has 0 aliphatic carbocycles. The summed E-state index contributed by atoms with van der Waals surface area (Å²) in [6.45, 7) is 2.76. The zero-order valence-corrected chi connectivity index (χ0v) is 20.6. The van der Waals surface area contributed by atoms with Gasteiger partial charge < -0.3 is 9.84 Å². The Hall–Kier alpha value is -4.45. The number of pyridine rings is 1. The Morgan fingerprint density at radius 1 is 0.946 bits per heavy atom. The molecule has 0 saturated carbocycles. The molecule has 1 N–H and O–H groups in total. The molecule has 6 heteroatoms. The van der Waals surface area contributed by atoms with Crippen molar-refractivity contribution in [3.8, 4) is 5.75 Å². The van der Waals surface area contributed by atoms with Crippen molar-refractivity contribution in [1.82, 2.24) is 4.98 Å². The first-order valence-electron chi connectivity index (χ1n) is 12.5. The largest absolute Gasteiger partial charge is 0.507 e. The molecule has 1 aliphatic rings. The third-order valence-corrected chi connectivity index (χ3v) is 6.62. The van der Waals surface area contributed by atoms with Crippen molar-refractivity contribution in [2.45, 2.75) is 32.2 Å². The van der Waals surface area contributed by atoms with Gasteiger partial charge in [-0.05, 0) is 53.8 Å². The molecule has 2 heterocycles. The van der Waals surface area contributed by atoms with Crippen LogP contribution >= 0.6 is 0 Å². The molecule has 1 amide bonds. The van der Waals surface area contributed by atoms with E-state index in [4.69, 9.17) is 4.74 Å². The normalized spacial score (nSPS) is 16.9. The second-order valence-electron chi connectivity index (χ2n) is 9.03. The average Bonchev–Trinajstić information content (AvgIpc) is 3.21. The number of ketones is 1. The Bertz CT molecular complexity index is 1460. The number of benzene rings is 3. The van der Waals surface area contributed by atoms with Crippen molar-refractivity contribution < 1.29 is 19.4 Å². The van der Waals surface area contributed by atoms with Crippen molar-refractivity contribution >= 4 is 33.9 Å². The van der Waals surface area contributed by atoms with Crippen LogP contribution in [0.5, 0.6) is 5.75 Å². The minimum atomic E-state index is -0.829. The number of hydrogen-bond acceptors (Lipinski definition) is 5. The summed E-state index contributed by atoms with van der Waals surface area (Å²) < 4.78 is 5.78. The van der Waals surface area contributed by atoms with Crippen LogP contribution in [0.1, 0.15) is 43.4 Å². The first-order chi connectivity index (χ1) is 18.1. The Kier molecular flexibility index (Phi) is 6.99. The quantitative estimate of drug-likeness (QED) is 0.133. The zero-order valence-electron chi connectivity index (χ0n) is 20.6. The number of unbranched alkanes of at least 4 members (excludes halogenated alkanes) is 2. The van der Waals surface area contributed by atoms with E-state index in [1.807, 2.05) is 48.5 Å². The fraction of sp³-hybridized carbons (Fsp3) is 0.194. The molecule has 1 fully saturated rings. The number of nitrogens with zero attached hydrogens (tertiary/aromatic N) is 2. The number of aliphatic hydroxyl groups excluding tert-OH is 1. The molecule has 1 aromatic heterocycles. The lowest BCUT2D eigenvalue weighted by molar-refractivity contribution is -0.132. The van der Waals surface area contributed by atoms with Crippen LogP contribution in [0.2, 0.25) is 0 Å². The average molecular weight is 493 g/mol. The van der Waals surface area contributed by atoms with Crippen LogP contribution in [-0.4, -0.2) is 28.4 Å². The van der Waals surface area contributed by atoms with Crippen LogP contribution in [0.4, 0.5) is 5.69 Å². The van der Waals surface area contributed by atoms with Gasteiger partial charge in [0, 0.05) is 23.3 Å². The van der Waals surface area contributed by atoms with Gasteiger partial charge in [-0.3, -0.25) is 19.5 Å². The van der Waals surface area contributed by atoms with Gasteiger partial charge in [-0.1, -0.05) is 62.2 Å². The lowest BCUT2D eigenvalue weighted by Gasteiger charge is -2.26. The summed E-state index contributed by atoms with van der Waals surface area (Å²) in [7, 11) is 0. The molecule has 1 saturated heterocycles. The summed E-state index contributed by atoms with van der Waals surface area (Å²) >= 11 is 0. The fourth-order valence-corrected chi connectivity index (χ4v) is 4.76. The maximum atomic E-state index is 13.5. The molecule has 5 rings (SSSR count). The number of hydrogen-bond donors (Lipinski definition) is 1. The molecule has 1 atom stereocenters. The third-order valence-electron chi connectivity index (χ3n) is 6.62.